The van der Waals surface area contributed by atoms with Gasteiger partial charge in [0.1, 0.15) is 11.6 Å². The van der Waals surface area contributed by atoms with Crippen molar-refractivity contribution in [3.63, 3.8) is 0 Å². The fourth-order valence-corrected chi connectivity index (χ4v) is 3.05. The molecular weight excluding hydrogens is 302 g/mol. The van der Waals surface area contributed by atoms with Crippen molar-refractivity contribution in [1.82, 2.24) is 0 Å². The summed E-state index contributed by atoms with van der Waals surface area (Å²) in [6.07, 6.45) is 5.03. The monoisotopic (exact) mass is 318 g/mol. The normalized spacial score (nSPS) is 18.9. The van der Waals surface area contributed by atoms with Crippen molar-refractivity contribution in [2.75, 3.05) is 0 Å². The van der Waals surface area contributed by atoms with E-state index < -0.39 is 17.7 Å². The van der Waals surface area contributed by atoms with E-state index in [1.165, 1.54) is 18.6 Å². The van der Waals surface area contributed by atoms with E-state index in [0.29, 0.717) is 12.3 Å². The Kier molecular flexibility index (Phi) is 4.73. The highest BCUT2D eigenvalue weighted by Gasteiger charge is 2.24. The topological polar surface area (TPSA) is 20.2 Å². The third-order valence-electron chi connectivity index (χ3n) is 3.69. The molecule has 0 spiro atoms. The van der Waals surface area contributed by atoms with Gasteiger partial charge in [0.2, 0.25) is 0 Å². The quantitative estimate of drug-likeness (QED) is 0.799. The molecule has 0 saturated heterocycles. The largest absolute Gasteiger partial charge is 0.388 e. The van der Waals surface area contributed by atoms with Crippen LogP contribution in [0.3, 0.4) is 0 Å². The molecule has 18 heavy (non-hydrogen) atoms. The summed E-state index contributed by atoms with van der Waals surface area (Å²) in [6.45, 7) is 0. The Labute approximate surface area is 114 Å². The van der Waals surface area contributed by atoms with E-state index >= 15 is 0 Å². The highest BCUT2D eigenvalue weighted by Crippen LogP contribution is 2.34. The number of hydrogen-bond donors (Lipinski definition) is 1. The van der Waals surface area contributed by atoms with Crippen LogP contribution in [0.15, 0.2) is 16.6 Å². The zero-order valence-electron chi connectivity index (χ0n) is 10.1. The Balaban J connectivity index is 2.12. The van der Waals surface area contributed by atoms with E-state index in [1.807, 2.05) is 0 Å². The first kappa shape index (κ1) is 13.9. The van der Waals surface area contributed by atoms with Crippen molar-refractivity contribution in [3.05, 3.63) is 33.8 Å². The summed E-state index contributed by atoms with van der Waals surface area (Å²) >= 11 is 3.02. The van der Waals surface area contributed by atoms with Crippen molar-refractivity contribution in [3.8, 4) is 0 Å². The molecule has 1 saturated carbocycles. The number of aliphatic hydroxyl groups is 1. The van der Waals surface area contributed by atoms with Crippen LogP contribution < -0.4 is 0 Å². The summed E-state index contributed by atoms with van der Waals surface area (Å²) in [5, 5.41) is 10.1. The van der Waals surface area contributed by atoms with Gasteiger partial charge < -0.3 is 5.11 Å². The van der Waals surface area contributed by atoms with Crippen LogP contribution in [0.4, 0.5) is 8.78 Å². The lowest BCUT2D eigenvalue weighted by Gasteiger charge is -2.24. The lowest BCUT2D eigenvalue weighted by Crippen LogP contribution is -2.13. The minimum atomic E-state index is -1.05. The fraction of sp³-hybridized carbons (Fsp3) is 0.571. The molecule has 0 heterocycles. The molecule has 2 rings (SSSR count). The van der Waals surface area contributed by atoms with Gasteiger partial charge in [0.05, 0.1) is 16.1 Å². The molecule has 1 atom stereocenters. The second-order valence-corrected chi connectivity index (χ2v) is 5.87. The Hall–Kier alpha value is -0.480. The van der Waals surface area contributed by atoms with Gasteiger partial charge in [-0.3, -0.25) is 0 Å². The van der Waals surface area contributed by atoms with Gasteiger partial charge in [-0.1, -0.05) is 32.1 Å². The maximum atomic E-state index is 13.8. The summed E-state index contributed by atoms with van der Waals surface area (Å²) in [5.74, 6) is -0.969. The van der Waals surface area contributed by atoms with E-state index in [9.17, 15) is 13.9 Å². The lowest BCUT2D eigenvalue weighted by molar-refractivity contribution is 0.123. The molecular formula is C14H17BrF2O. The summed E-state index contributed by atoms with van der Waals surface area (Å²) in [7, 11) is 0. The molecule has 1 aromatic carbocycles. The maximum absolute atomic E-state index is 13.8. The molecule has 1 aromatic rings. The van der Waals surface area contributed by atoms with Crippen LogP contribution in [-0.4, -0.2) is 5.11 Å². The first-order valence-corrected chi connectivity index (χ1v) is 7.20. The molecule has 1 fully saturated rings. The number of hydrogen-bond acceptors (Lipinski definition) is 1. The summed E-state index contributed by atoms with van der Waals surface area (Å²) < 4.78 is 27.6. The molecule has 1 aliphatic carbocycles. The number of halogens is 3. The smallest absolute Gasteiger partial charge is 0.146 e. The predicted octanol–water partition coefficient (Wildman–Crippen LogP) is 4.73. The van der Waals surface area contributed by atoms with Crippen LogP contribution in [-0.2, 0) is 0 Å². The standard InChI is InChI=1S/C14H17BrF2O/c15-10-6-7-11(16)13(14(10)17)12(18)8-9-4-2-1-3-5-9/h6-7,9,12,18H,1-5,8H2. The van der Waals surface area contributed by atoms with Gasteiger partial charge in [-0.25, -0.2) is 8.78 Å². The highest BCUT2D eigenvalue weighted by atomic mass is 79.9. The fourth-order valence-electron chi connectivity index (χ4n) is 2.70. The summed E-state index contributed by atoms with van der Waals surface area (Å²) in [4.78, 5) is 0. The molecule has 0 radical (unpaired) electrons. The molecule has 4 heteroatoms. The molecule has 0 aliphatic heterocycles. The summed E-state index contributed by atoms with van der Waals surface area (Å²) in [5.41, 5.74) is -0.199. The average molecular weight is 319 g/mol. The van der Waals surface area contributed by atoms with Gasteiger partial charge in [-0.2, -0.15) is 0 Å². The van der Waals surface area contributed by atoms with Crippen molar-refractivity contribution < 1.29 is 13.9 Å². The maximum Gasteiger partial charge on any atom is 0.146 e. The SMILES string of the molecule is OC(CC1CCCCC1)c1c(F)ccc(Br)c1F. The van der Waals surface area contributed by atoms with E-state index in [2.05, 4.69) is 15.9 Å². The van der Waals surface area contributed by atoms with E-state index in [1.54, 1.807) is 0 Å². The van der Waals surface area contributed by atoms with Crippen molar-refractivity contribution >= 4 is 15.9 Å². The van der Waals surface area contributed by atoms with Gasteiger partial charge in [-0.15, -0.1) is 0 Å². The lowest BCUT2D eigenvalue weighted by atomic mass is 9.84. The molecule has 1 N–H and O–H groups in total. The second kappa shape index (κ2) is 6.11. The van der Waals surface area contributed by atoms with Crippen LogP contribution in [0.2, 0.25) is 0 Å². The predicted molar refractivity (Wildman–Crippen MR) is 70.2 cm³/mol. The first-order valence-electron chi connectivity index (χ1n) is 6.41. The van der Waals surface area contributed by atoms with Crippen molar-refractivity contribution in [2.24, 2.45) is 5.92 Å². The van der Waals surface area contributed by atoms with Crippen LogP contribution in [0.5, 0.6) is 0 Å². The molecule has 1 aliphatic rings. The molecule has 0 amide bonds. The molecule has 0 aromatic heterocycles. The second-order valence-electron chi connectivity index (χ2n) is 5.01. The zero-order valence-corrected chi connectivity index (χ0v) is 11.7. The zero-order chi connectivity index (χ0) is 13.1. The molecule has 100 valence electrons. The average Bonchev–Trinajstić information content (AvgIpc) is 2.36. The Morgan fingerprint density at radius 3 is 2.56 bits per heavy atom. The van der Waals surface area contributed by atoms with E-state index in [4.69, 9.17) is 0 Å². The summed E-state index contributed by atoms with van der Waals surface area (Å²) in [6, 6.07) is 2.51. The number of rotatable bonds is 3. The van der Waals surface area contributed by atoms with Crippen LogP contribution >= 0.6 is 15.9 Å². The Morgan fingerprint density at radius 1 is 1.22 bits per heavy atom. The van der Waals surface area contributed by atoms with Crippen LogP contribution in [0.25, 0.3) is 0 Å². The van der Waals surface area contributed by atoms with Crippen LogP contribution in [0, 0.1) is 17.6 Å². The van der Waals surface area contributed by atoms with Gasteiger partial charge in [0.15, 0.2) is 0 Å². The number of aliphatic hydroxyl groups excluding tert-OH is 1. The van der Waals surface area contributed by atoms with Gasteiger partial charge in [0.25, 0.3) is 0 Å². The third kappa shape index (κ3) is 3.09. The Bertz CT molecular complexity index is 417. The van der Waals surface area contributed by atoms with Gasteiger partial charge in [-0.05, 0) is 40.4 Å². The molecule has 1 unspecified atom stereocenters. The van der Waals surface area contributed by atoms with Crippen molar-refractivity contribution in [2.45, 2.75) is 44.6 Å². The third-order valence-corrected chi connectivity index (χ3v) is 4.31. The van der Waals surface area contributed by atoms with Gasteiger partial charge in [0, 0.05) is 0 Å². The van der Waals surface area contributed by atoms with Gasteiger partial charge >= 0.3 is 0 Å². The van der Waals surface area contributed by atoms with E-state index in [-0.39, 0.29) is 10.0 Å². The molecule has 1 nitrogen and oxygen atoms in total. The minimum absolute atomic E-state index is 0.196. The Morgan fingerprint density at radius 2 is 1.89 bits per heavy atom. The minimum Gasteiger partial charge on any atom is -0.388 e. The molecule has 0 bridgehead atoms. The van der Waals surface area contributed by atoms with E-state index in [0.717, 1.165) is 25.7 Å². The first-order chi connectivity index (χ1) is 8.59. The van der Waals surface area contributed by atoms with Crippen LogP contribution in [0.1, 0.15) is 50.2 Å². The number of benzene rings is 1. The highest BCUT2D eigenvalue weighted by molar-refractivity contribution is 9.10. The van der Waals surface area contributed by atoms with Crippen molar-refractivity contribution in [1.29, 1.82) is 0 Å².